The van der Waals surface area contributed by atoms with Crippen LogP contribution in [0.3, 0.4) is 0 Å². The first-order valence-electron chi connectivity index (χ1n) is 7.38. The summed E-state index contributed by atoms with van der Waals surface area (Å²) in [5, 5.41) is 15.3. The van der Waals surface area contributed by atoms with Crippen LogP contribution in [-0.4, -0.2) is 28.8 Å². The summed E-state index contributed by atoms with van der Waals surface area (Å²) < 4.78 is 0. The minimum Gasteiger partial charge on any atom is -0.545 e. The van der Waals surface area contributed by atoms with Crippen molar-refractivity contribution in [3.63, 3.8) is 0 Å². The molecule has 25 heavy (non-hydrogen) atoms. The van der Waals surface area contributed by atoms with Crippen LogP contribution in [0.5, 0.6) is 0 Å². The Hall–Kier alpha value is -3.13. The van der Waals surface area contributed by atoms with Gasteiger partial charge >= 0.3 is 5.16 Å². The number of aromatic carboxylic acids is 1. The molecule has 1 aromatic heterocycles. The monoisotopic (exact) mass is 354 g/mol. The van der Waals surface area contributed by atoms with Crippen LogP contribution in [0.15, 0.2) is 58.8 Å². The molecule has 0 aliphatic rings. The Bertz CT molecular complexity index is 901. The summed E-state index contributed by atoms with van der Waals surface area (Å²) >= 11 is 1.34. The highest BCUT2D eigenvalue weighted by Gasteiger charge is 2.11. The molecule has 3 rings (SSSR count). The second-order valence-corrected chi connectivity index (χ2v) is 6.10. The second-order valence-electron chi connectivity index (χ2n) is 5.12. The number of amides is 1. The number of H-pyrrole nitrogens is 2. The fourth-order valence-corrected chi connectivity index (χ4v) is 2.81. The molecule has 0 spiro atoms. The van der Waals surface area contributed by atoms with Crippen LogP contribution >= 0.6 is 11.8 Å². The molecule has 0 radical (unpaired) electrons. The second kappa shape index (κ2) is 7.63. The summed E-state index contributed by atoms with van der Waals surface area (Å²) in [4.78, 5) is 28.8. The molecule has 0 aliphatic carbocycles. The van der Waals surface area contributed by atoms with Gasteiger partial charge < -0.3 is 9.90 Å². The van der Waals surface area contributed by atoms with Crippen molar-refractivity contribution in [2.45, 2.75) is 5.16 Å². The van der Waals surface area contributed by atoms with Gasteiger partial charge in [-0.25, -0.2) is 15.4 Å². The van der Waals surface area contributed by atoms with Crippen molar-refractivity contribution < 1.29 is 19.7 Å². The molecule has 0 atom stereocenters. The van der Waals surface area contributed by atoms with Gasteiger partial charge in [-0.2, -0.15) is 5.10 Å². The number of hydrazone groups is 1. The number of aromatic amines is 2. The average molecular weight is 354 g/mol. The molecule has 8 heteroatoms. The van der Waals surface area contributed by atoms with E-state index < -0.39 is 5.97 Å². The number of carbonyl (C=O) groups excluding carboxylic acids is 2. The van der Waals surface area contributed by atoms with Gasteiger partial charge in [0.05, 0.1) is 17.9 Å². The zero-order valence-corrected chi connectivity index (χ0v) is 13.8. The minimum absolute atomic E-state index is 0.0900. The Morgan fingerprint density at radius 3 is 2.68 bits per heavy atom. The highest BCUT2D eigenvalue weighted by Crippen LogP contribution is 2.14. The van der Waals surface area contributed by atoms with Crippen molar-refractivity contribution >= 4 is 40.9 Å². The van der Waals surface area contributed by atoms with Gasteiger partial charge in [-0.3, -0.25) is 4.79 Å². The maximum atomic E-state index is 11.8. The smallest absolute Gasteiger partial charge is 0.315 e. The van der Waals surface area contributed by atoms with Gasteiger partial charge in [-0.05, 0) is 35.0 Å². The first-order chi connectivity index (χ1) is 12.1. The third-order valence-corrected chi connectivity index (χ3v) is 4.22. The number of carboxylic acid groups (broad SMARTS) is 1. The van der Waals surface area contributed by atoms with E-state index in [4.69, 9.17) is 0 Å². The summed E-state index contributed by atoms with van der Waals surface area (Å²) in [7, 11) is 0. The molecule has 3 N–H and O–H groups in total. The lowest BCUT2D eigenvalue weighted by molar-refractivity contribution is -0.396. The van der Waals surface area contributed by atoms with Crippen molar-refractivity contribution in [1.29, 1.82) is 0 Å². The van der Waals surface area contributed by atoms with Crippen LogP contribution in [0.2, 0.25) is 0 Å². The molecular formula is C17H14N4O3S. The quantitative estimate of drug-likeness (QED) is 0.383. The Balaban J connectivity index is 1.49. The van der Waals surface area contributed by atoms with Gasteiger partial charge in [0.15, 0.2) is 11.0 Å². The number of carboxylic acids is 1. The van der Waals surface area contributed by atoms with Gasteiger partial charge in [0.2, 0.25) is 0 Å². The van der Waals surface area contributed by atoms with E-state index in [1.165, 1.54) is 30.1 Å². The molecule has 0 saturated carbocycles. The largest absolute Gasteiger partial charge is 0.545 e. The Kier molecular flexibility index (Phi) is 5.10. The number of para-hydroxylation sites is 2. The van der Waals surface area contributed by atoms with E-state index in [9.17, 15) is 14.7 Å². The number of thioether (sulfide) groups is 1. The third-order valence-electron chi connectivity index (χ3n) is 3.32. The molecular weight excluding hydrogens is 340 g/mol. The zero-order chi connectivity index (χ0) is 17.6. The predicted octanol–water partition coefficient (Wildman–Crippen LogP) is 0.588. The van der Waals surface area contributed by atoms with E-state index >= 15 is 0 Å². The number of nitrogens with zero attached hydrogens (tertiary/aromatic N) is 1. The molecule has 0 saturated heterocycles. The Morgan fingerprint density at radius 2 is 1.96 bits per heavy atom. The Morgan fingerprint density at radius 1 is 1.20 bits per heavy atom. The van der Waals surface area contributed by atoms with E-state index in [0.717, 1.165) is 16.2 Å². The predicted molar refractivity (Wildman–Crippen MR) is 92.1 cm³/mol. The maximum absolute atomic E-state index is 11.8. The van der Waals surface area contributed by atoms with Crippen molar-refractivity contribution in [3.05, 3.63) is 59.7 Å². The number of imidazole rings is 1. The molecule has 2 aromatic carbocycles. The van der Waals surface area contributed by atoms with Crippen molar-refractivity contribution in [2.24, 2.45) is 5.10 Å². The summed E-state index contributed by atoms with van der Waals surface area (Å²) in [6, 6.07) is 13.8. The molecule has 126 valence electrons. The standard InChI is InChI=1S/C17H14N4O3S/c22-15(10-25-17-19-13-3-1-2-4-14(13)20-17)21-18-9-11-5-7-12(8-6-11)16(23)24/h1-9H,10H2,(H,19,20)(H,21,22)(H,23,24)/b18-9+. The van der Waals surface area contributed by atoms with Crippen LogP contribution < -0.4 is 15.5 Å². The number of fused-ring (bicyclic) bond motifs is 1. The van der Waals surface area contributed by atoms with Gasteiger partial charge in [-0.15, -0.1) is 0 Å². The lowest BCUT2D eigenvalue weighted by Gasteiger charge is -2.01. The van der Waals surface area contributed by atoms with E-state index in [1.54, 1.807) is 12.1 Å². The summed E-state index contributed by atoms with van der Waals surface area (Å²) in [5.41, 5.74) is 5.13. The van der Waals surface area contributed by atoms with Gasteiger partial charge in [-0.1, -0.05) is 36.4 Å². The van der Waals surface area contributed by atoms with Crippen LogP contribution in [0.1, 0.15) is 15.9 Å². The summed E-state index contributed by atoms with van der Waals surface area (Å²) in [5.74, 6) is -1.29. The van der Waals surface area contributed by atoms with Crippen LogP contribution in [0.25, 0.3) is 11.0 Å². The number of hydrogen-bond acceptors (Lipinski definition) is 5. The lowest BCUT2D eigenvalue weighted by Crippen LogP contribution is -2.22. The summed E-state index contributed by atoms with van der Waals surface area (Å²) in [6.07, 6.45) is 1.44. The van der Waals surface area contributed by atoms with E-state index in [-0.39, 0.29) is 17.2 Å². The number of nitrogens with one attached hydrogen (secondary N) is 3. The maximum Gasteiger partial charge on any atom is 0.315 e. The van der Waals surface area contributed by atoms with E-state index in [2.05, 4.69) is 20.5 Å². The number of aromatic nitrogens is 2. The summed E-state index contributed by atoms with van der Waals surface area (Å²) in [6.45, 7) is 0. The average Bonchev–Trinajstić information content (AvgIpc) is 3.03. The van der Waals surface area contributed by atoms with Crippen LogP contribution in [0.4, 0.5) is 0 Å². The van der Waals surface area contributed by atoms with E-state index in [1.807, 2.05) is 24.3 Å². The topological polar surface area (TPSA) is 112 Å². The molecule has 0 fully saturated rings. The third kappa shape index (κ3) is 4.45. The lowest BCUT2D eigenvalue weighted by atomic mass is 10.1. The van der Waals surface area contributed by atoms with Gasteiger partial charge in [0, 0.05) is 0 Å². The number of hydrogen-bond donors (Lipinski definition) is 2. The molecule has 0 unspecified atom stereocenters. The number of rotatable bonds is 6. The zero-order valence-electron chi connectivity index (χ0n) is 13.0. The fourth-order valence-electron chi connectivity index (χ4n) is 2.10. The van der Waals surface area contributed by atoms with Crippen molar-refractivity contribution in [3.8, 4) is 0 Å². The minimum atomic E-state index is -1.23. The Labute approximate surface area is 147 Å². The normalized spacial score (nSPS) is 11.0. The highest BCUT2D eigenvalue weighted by atomic mass is 32.2. The number of carbonyl (C=O) groups is 2. The fraction of sp³-hybridized carbons (Fsp3) is 0.0588. The van der Waals surface area contributed by atoms with Crippen molar-refractivity contribution in [1.82, 2.24) is 10.4 Å². The highest BCUT2D eigenvalue weighted by molar-refractivity contribution is 7.99. The molecule has 0 bridgehead atoms. The SMILES string of the molecule is O=C(CSc1[nH]c2ccccc2[nH+]1)N/N=C/c1ccc(C(=O)[O-])cc1. The number of benzene rings is 2. The molecule has 7 nitrogen and oxygen atoms in total. The first kappa shape index (κ1) is 16.7. The van der Waals surface area contributed by atoms with Crippen molar-refractivity contribution in [2.75, 3.05) is 5.75 Å². The van der Waals surface area contributed by atoms with E-state index in [0.29, 0.717) is 5.56 Å². The van der Waals surface area contributed by atoms with Crippen LogP contribution in [0, 0.1) is 0 Å². The molecule has 0 aliphatic heterocycles. The first-order valence-corrected chi connectivity index (χ1v) is 8.36. The van der Waals surface area contributed by atoms with Crippen LogP contribution in [-0.2, 0) is 4.79 Å². The van der Waals surface area contributed by atoms with Gasteiger partial charge in [0.1, 0.15) is 0 Å². The van der Waals surface area contributed by atoms with Gasteiger partial charge in [0.25, 0.3) is 5.91 Å². The molecule has 1 amide bonds. The molecule has 1 heterocycles. The molecule has 3 aromatic rings.